The van der Waals surface area contributed by atoms with Crippen molar-refractivity contribution >= 4 is 50.3 Å². The summed E-state index contributed by atoms with van der Waals surface area (Å²) in [6.45, 7) is 4.28. The van der Waals surface area contributed by atoms with Crippen LogP contribution in [-0.4, -0.2) is 32.7 Å². The molecule has 11 heteroatoms. The second-order valence-corrected chi connectivity index (χ2v) is 8.18. The fourth-order valence-electron chi connectivity index (χ4n) is 3.55. The Labute approximate surface area is 196 Å². The predicted octanol–water partition coefficient (Wildman–Crippen LogP) is 4.38. The van der Waals surface area contributed by atoms with E-state index in [-0.39, 0.29) is 17.2 Å². The molecule has 1 atom stereocenters. The van der Waals surface area contributed by atoms with Crippen molar-refractivity contribution in [1.82, 2.24) is 9.99 Å². The molecule has 1 aromatic heterocycles. The van der Waals surface area contributed by atoms with E-state index in [1.54, 1.807) is 6.07 Å². The van der Waals surface area contributed by atoms with Gasteiger partial charge in [0, 0.05) is 41.0 Å². The summed E-state index contributed by atoms with van der Waals surface area (Å²) in [5.74, 6) is -1.59. The van der Waals surface area contributed by atoms with Gasteiger partial charge >= 0.3 is 11.7 Å². The van der Waals surface area contributed by atoms with Gasteiger partial charge < -0.3 is 9.47 Å². The monoisotopic (exact) mass is 512 g/mol. The van der Waals surface area contributed by atoms with E-state index in [1.165, 1.54) is 19.1 Å². The third-order valence-electron chi connectivity index (χ3n) is 4.82. The molecule has 0 radical (unpaired) electrons. The maximum absolute atomic E-state index is 12.5. The van der Waals surface area contributed by atoms with Gasteiger partial charge in [-0.3, -0.25) is 24.7 Å². The molecular formula is C22H17BrN4O6. The molecular weight excluding hydrogens is 496 g/mol. The molecule has 0 spiro atoms. The Hall–Kier alpha value is -3.86. The van der Waals surface area contributed by atoms with Crippen LogP contribution in [0.4, 0.5) is 5.69 Å². The summed E-state index contributed by atoms with van der Waals surface area (Å²) in [4.78, 5) is 39.6. The van der Waals surface area contributed by atoms with Crippen LogP contribution in [0.1, 0.15) is 36.9 Å². The summed E-state index contributed by atoms with van der Waals surface area (Å²) < 4.78 is 11.6. The summed E-state index contributed by atoms with van der Waals surface area (Å²) in [6.07, 6.45) is -0.952. The second kappa shape index (κ2) is 8.58. The number of carbonyl (C=O) groups is 2. The van der Waals surface area contributed by atoms with Crippen LogP contribution in [0.2, 0.25) is 0 Å². The van der Waals surface area contributed by atoms with Crippen LogP contribution in [0.5, 0.6) is 5.75 Å². The van der Waals surface area contributed by atoms with E-state index < -0.39 is 28.7 Å². The summed E-state index contributed by atoms with van der Waals surface area (Å²) in [5.41, 5.74) is 1.67. The third kappa shape index (κ3) is 4.27. The lowest BCUT2D eigenvalue weighted by Crippen LogP contribution is -2.25. The number of amides is 1. The standard InChI is InChI=1S/C22H17BrN4O6/c1-11-8-16(15-6-4-5-7-18(15)24-11)22-26(12(2)28)25-21(33-22)17-9-14(23)10-19(27(30)31)20(17)32-13(3)29/h4-10,22H,1-3H3/t22-/m0/s1. The molecule has 1 amide bonds. The molecule has 2 heterocycles. The number of halogens is 1. The molecule has 4 rings (SSSR count). The van der Waals surface area contributed by atoms with Crippen molar-refractivity contribution in [2.24, 2.45) is 5.10 Å². The van der Waals surface area contributed by atoms with Crippen molar-refractivity contribution in [1.29, 1.82) is 0 Å². The third-order valence-corrected chi connectivity index (χ3v) is 5.27. The number of pyridine rings is 1. The largest absolute Gasteiger partial charge is 0.446 e. The number of hydrazone groups is 1. The van der Waals surface area contributed by atoms with Gasteiger partial charge in [-0.1, -0.05) is 34.1 Å². The van der Waals surface area contributed by atoms with Gasteiger partial charge in [-0.2, -0.15) is 5.01 Å². The summed E-state index contributed by atoms with van der Waals surface area (Å²) in [7, 11) is 0. The Morgan fingerprint density at radius 1 is 1.21 bits per heavy atom. The topological polar surface area (TPSA) is 124 Å². The molecule has 1 aliphatic rings. The molecule has 2 aromatic carbocycles. The number of benzene rings is 2. The molecule has 0 fully saturated rings. The first-order chi connectivity index (χ1) is 15.7. The first-order valence-electron chi connectivity index (χ1n) is 9.73. The summed E-state index contributed by atoms with van der Waals surface area (Å²) in [5, 5.41) is 17.8. The Morgan fingerprint density at radius 3 is 2.61 bits per heavy atom. The maximum Gasteiger partial charge on any atom is 0.313 e. The summed E-state index contributed by atoms with van der Waals surface area (Å²) >= 11 is 3.23. The van der Waals surface area contributed by atoms with Crippen LogP contribution in [0.25, 0.3) is 10.9 Å². The zero-order valence-corrected chi connectivity index (χ0v) is 19.3. The van der Waals surface area contributed by atoms with E-state index in [0.29, 0.717) is 21.2 Å². The van der Waals surface area contributed by atoms with E-state index in [9.17, 15) is 19.7 Å². The molecule has 10 nitrogen and oxygen atoms in total. The van der Waals surface area contributed by atoms with Gasteiger partial charge in [-0.25, -0.2) is 0 Å². The molecule has 0 aliphatic carbocycles. The number of fused-ring (bicyclic) bond motifs is 1. The van der Waals surface area contributed by atoms with Crippen LogP contribution in [0.15, 0.2) is 52.0 Å². The number of ether oxygens (including phenoxy) is 2. The average molecular weight is 513 g/mol. The number of hydrogen-bond donors (Lipinski definition) is 0. The molecule has 1 aliphatic heterocycles. The lowest BCUT2D eigenvalue weighted by Gasteiger charge is -2.21. The van der Waals surface area contributed by atoms with Gasteiger partial charge in [0.05, 0.1) is 16.0 Å². The highest BCUT2D eigenvalue weighted by atomic mass is 79.9. The predicted molar refractivity (Wildman–Crippen MR) is 121 cm³/mol. The van der Waals surface area contributed by atoms with Crippen molar-refractivity contribution in [3.05, 3.63) is 73.9 Å². The van der Waals surface area contributed by atoms with Gasteiger partial charge in [0.1, 0.15) is 0 Å². The Morgan fingerprint density at radius 2 is 1.94 bits per heavy atom. The number of para-hydroxylation sites is 1. The van der Waals surface area contributed by atoms with E-state index in [4.69, 9.17) is 9.47 Å². The first kappa shape index (κ1) is 22.3. The number of hydrogen-bond acceptors (Lipinski definition) is 8. The highest BCUT2D eigenvalue weighted by Crippen LogP contribution is 2.40. The number of rotatable bonds is 4. The molecule has 0 saturated carbocycles. The molecule has 3 aromatic rings. The number of nitrogens with zero attached hydrogens (tertiary/aromatic N) is 4. The number of nitro groups is 1. The number of aromatic nitrogens is 1. The highest BCUT2D eigenvalue weighted by molar-refractivity contribution is 9.10. The molecule has 168 valence electrons. The van der Waals surface area contributed by atoms with Crippen LogP contribution in [0.3, 0.4) is 0 Å². The van der Waals surface area contributed by atoms with Crippen molar-refractivity contribution in [2.45, 2.75) is 27.0 Å². The highest BCUT2D eigenvalue weighted by Gasteiger charge is 2.37. The van der Waals surface area contributed by atoms with Gasteiger partial charge in [0.25, 0.3) is 0 Å². The van der Waals surface area contributed by atoms with Crippen molar-refractivity contribution in [3.63, 3.8) is 0 Å². The van der Waals surface area contributed by atoms with Crippen LogP contribution in [-0.2, 0) is 14.3 Å². The average Bonchev–Trinajstić information content (AvgIpc) is 3.19. The van der Waals surface area contributed by atoms with Crippen molar-refractivity contribution in [2.75, 3.05) is 0 Å². The summed E-state index contributed by atoms with van der Waals surface area (Å²) in [6, 6.07) is 11.9. The van der Waals surface area contributed by atoms with E-state index >= 15 is 0 Å². The Bertz CT molecular complexity index is 1360. The smallest absolute Gasteiger partial charge is 0.313 e. The van der Waals surface area contributed by atoms with E-state index in [1.807, 2.05) is 31.2 Å². The lowest BCUT2D eigenvalue weighted by atomic mass is 10.1. The fraction of sp³-hybridized carbons (Fsp3) is 0.182. The minimum Gasteiger partial charge on any atom is -0.446 e. The Balaban J connectivity index is 1.88. The zero-order valence-electron chi connectivity index (χ0n) is 17.7. The normalized spacial score (nSPS) is 15.2. The van der Waals surface area contributed by atoms with Crippen molar-refractivity contribution < 1.29 is 24.0 Å². The molecule has 0 unspecified atom stereocenters. The van der Waals surface area contributed by atoms with Crippen LogP contribution in [0, 0.1) is 17.0 Å². The van der Waals surface area contributed by atoms with Gasteiger partial charge in [0.2, 0.25) is 23.8 Å². The maximum atomic E-state index is 12.5. The first-order valence-corrected chi connectivity index (χ1v) is 10.5. The van der Waals surface area contributed by atoms with Gasteiger partial charge in [-0.15, -0.1) is 5.10 Å². The van der Waals surface area contributed by atoms with Gasteiger partial charge in [0.15, 0.2) is 0 Å². The molecule has 0 saturated heterocycles. The van der Waals surface area contributed by atoms with Gasteiger partial charge in [-0.05, 0) is 25.1 Å². The SMILES string of the molecule is CC(=O)Oc1c(C2=NN(C(C)=O)[C@H](c3cc(C)nc4ccccc34)O2)cc(Br)cc1[N+](=O)[O-]. The van der Waals surface area contributed by atoms with E-state index in [2.05, 4.69) is 26.0 Å². The zero-order chi connectivity index (χ0) is 23.9. The van der Waals surface area contributed by atoms with Crippen molar-refractivity contribution in [3.8, 4) is 5.75 Å². The lowest BCUT2D eigenvalue weighted by molar-refractivity contribution is -0.385. The fourth-order valence-corrected chi connectivity index (χ4v) is 3.99. The molecule has 0 N–H and O–H groups in total. The van der Waals surface area contributed by atoms with E-state index in [0.717, 1.165) is 17.3 Å². The molecule has 0 bridgehead atoms. The minimum atomic E-state index is -0.952. The number of carbonyl (C=O) groups excluding carboxylic acids is 2. The van der Waals surface area contributed by atoms with Crippen LogP contribution < -0.4 is 4.74 Å². The van der Waals surface area contributed by atoms with Crippen LogP contribution >= 0.6 is 15.9 Å². The molecule has 33 heavy (non-hydrogen) atoms. The number of nitro benzene ring substituents is 1. The number of esters is 1. The minimum absolute atomic E-state index is 0.0510. The second-order valence-electron chi connectivity index (χ2n) is 7.26. The quantitative estimate of drug-likeness (QED) is 0.220. The number of aryl methyl sites for hydroxylation is 1. The Kier molecular flexibility index (Phi) is 5.81.